The fourth-order valence-electron chi connectivity index (χ4n) is 7.22. The minimum Gasteiger partial charge on any atom is -0.286 e. The monoisotopic (exact) mass is 964 g/mol. The van der Waals surface area contributed by atoms with Gasteiger partial charge in [-0.2, -0.15) is 0 Å². The standard InChI is InChI=1S/C52H32N4O8P4/c57-45-37-25-13-27-39(53-37)47(59)66(34-19-7-2-8-20-34)49(61)41-29-15-31-43(55-41)51(63)68(36-23-11-4-12-24-36)52(64)44-32-16-30-42(56-44)50(62)67(35-21-9-3-10-22-35)48(60)40-28-14-26-38(54-40)46(58)65(45)33-17-5-1-6-18-33/h1-32H. The van der Waals surface area contributed by atoms with Crippen LogP contribution in [0.15, 0.2) is 194 Å². The van der Waals surface area contributed by atoms with Crippen LogP contribution in [-0.2, 0) is 0 Å². The van der Waals surface area contributed by atoms with E-state index >= 15 is 0 Å². The van der Waals surface area contributed by atoms with Crippen LogP contribution in [0.5, 0.6) is 0 Å². The highest BCUT2D eigenvalue weighted by Crippen LogP contribution is 2.47. The normalized spacial score (nSPS) is 18.2. The zero-order valence-corrected chi connectivity index (χ0v) is 38.9. The van der Waals surface area contributed by atoms with Gasteiger partial charge in [-0.1, -0.05) is 146 Å². The highest BCUT2D eigenvalue weighted by atomic mass is 31.1. The fraction of sp³-hybridized carbons (Fsp3) is 0. The van der Waals surface area contributed by atoms with Crippen LogP contribution in [0.4, 0.5) is 0 Å². The quantitative estimate of drug-likeness (QED) is 0.153. The minimum atomic E-state index is -2.47. The van der Waals surface area contributed by atoms with Crippen molar-refractivity contribution in [2.45, 2.75) is 0 Å². The van der Waals surface area contributed by atoms with Crippen molar-refractivity contribution in [3.8, 4) is 0 Å². The van der Waals surface area contributed by atoms with E-state index in [2.05, 4.69) is 19.9 Å². The molecule has 8 bridgehead atoms. The molecule has 4 aromatic carbocycles. The van der Waals surface area contributed by atoms with Gasteiger partial charge in [-0.3, -0.25) is 38.4 Å². The molecule has 8 aromatic rings. The van der Waals surface area contributed by atoms with Gasteiger partial charge in [0.25, 0.3) is 0 Å². The molecule has 0 saturated carbocycles. The van der Waals surface area contributed by atoms with Crippen molar-refractivity contribution in [2.75, 3.05) is 0 Å². The van der Waals surface area contributed by atoms with Crippen LogP contribution in [0.25, 0.3) is 0 Å². The Kier molecular flexibility index (Phi) is 13.6. The van der Waals surface area contributed by atoms with Crippen LogP contribution < -0.4 is 21.2 Å². The topological polar surface area (TPSA) is 188 Å². The maximum atomic E-state index is 14.7. The first-order valence-corrected chi connectivity index (χ1v) is 26.1. The van der Waals surface area contributed by atoms with Crippen molar-refractivity contribution in [1.82, 2.24) is 19.9 Å². The van der Waals surface area contributed by atoms with Crippen molar-refractivity contribution < 1.29 is 38.4 Å². The number of fused-ring (bicyclic) bond motifs is 8. The molecular formula is C52H32N4O8P4. The zero-order valence-electron chi connectivity index (χ0n) is 35.3. The maximum absolute atomic E-state index is 14.7. The molecule has 0 spiro atoms. The average Bonchev–Trinajstić information content (AvgIpc) is 3.39. The van der Waals surface area contributed by atoms with E-state index in [4.69, 9.17) is 0 Å². The highest BCUT2D eigenvalue weighted by Gasteiger charge is 2.39. The van der Waals surface area contributed by atoms with Gasteiger partial charge in [0.15, 0.2) is 0 Å². The summed E-state index contributed by atoms with van der Waals surface area (Å²) in [6, 6.07) is 49.9. The van der Waals surface area contributed by atoms with Gasteiger partial charge in [0.1, 0.15) is 45.6 Å². The Labute approximate surface area is 393 Å². The van der Waals surface area contributed by atoms with E-state index in [9.17, 15) is 38.4 Å². The van der Waals surface area contributed by atoms with Gasteiger partial charge in [0, 0.05) is 0 Å². The lowest BCUT2D eigenvalue weighted by Gasteiger charge is -2.19. The molecule has 4 aromatic heterocycles. The van der Waals surface area contributed by atoms with E-state index in [1.54, 1.807) is 121 Å². The summed E-state index contributed by atoms with van der Waals surface area (Å²) in [5, 5.41) is 1.38. The SMILES string of the molecule is O=C1c2cccc(n2)C(=O)P(c2ccccc2)C(=O)c2cccc(n2)C(=O)P(c2ccccc2)C(=O)c2cccc(n2)C(=O)P(c2ccccc2)C(=O)c2cccc(n2)C(=O)P1c1ccccc1. The lowest BCUT2D eigenvalue weighted by Crippen LogP contribution is -2.22. The van der Waals surface area contributed by atoms with Crippen LogP contribution >= 0.6 is 31.7 Å². The molecule has 0 saturated heterocycles. The molecule has 68 heavy (non-hydrogen) atoms. The number of carbonyl (C=O) groups is 8. The molecule has 0 amide bonds. The van der Waals surface area contributed by atoms with E-state index in [1.165, 1.54) is 72.8 Å². The second-order valence-electron chi connectivity index (χ2n) is 14.8. The number of rotatable bonds is 4. The Morgan fingerprint density at radius 2 is 0.338 bits per heavy atom. The molecule has 0 unspecified atom stereocenters. The Bertz CT molecular complexity index is 2760. The summed E-state index contributed by atoms with van der Waals surface area (Å²) in [7, 11) is -9.89. The molecule has 0 radical (unpaired) electrons. The first kappa shape index (κ1) is 45.7. The van der Waals surface area contributed by atoms with E-state index in [-0.39, 0.29) is 45.6 Å². The second-order valence-corrected chi connectivity index (χ2v) is 22.8. The Morgan fingerprint density at radius 1 is 0.191 bits per heavy atom. The Balaban J connectivity index is 1.24. The fourth-order valence-corrected chi connectivity index (χ4v) is 14.5. The van der Waals surface area contributed by atoms with Gasteiger partial charge < -0.3 is 0 Å². The number of benzene rings is 4. The van der Waals surface area contributed by atoms with Crippen molar-refractivity contribution in [3.05, 3.63) is 240 Å². The summed E-state index contributed by atoms with van der Waals surface area (Å²) in [6.07, 6.45) is 0. The van der Waals surface area contributed by atoms with Gasteiger partial charge in [-0.25, -0.2) is 19.9 Å². The Morgan fingerprint density at radius 3 is 0.485 bits per heavy atom. The molecule has 0 aliphatic carbocycles. The van der Waals surface area contributed by atoms with E-state index in [0.717, 1.165) is 0 Å². The number of nitrogens with zero attached hydrogens (tertiary/aromatic N) is 4. The third kappa shape index (κ3) is 9.28. The van der Waals surface area contributed by atoms with Gasteiger partial charge in [-0.15, -0.1) is 0 Å². The van der Waals surface area contributed by atoms with Gasteiger partial charge in [-0.05, 0) is 69.7 Å². The smallest absolute Gasteiger partial charge is 0.214 e. The molecule has 9 rings (SSSR count). The van der Waals surface area contributed by atoms with E-state index in [1.807, 2.05) is 0 Å². The lowest BCUT2D eigenvalue weighted by molar-refractivity contribution is 0.103. The summed E-state index contributed by atoms with van der Waals surface area (Å²) in [5.74, 6) is 0. The van der Waals surface area contributed by atoms with Gasteiger partial charge in [0.05, 0.1) is 31.7 Å². The number of hydrogen-bond acceptors (Lipinski definition) is 12. The van der Waals surface area contributed by atoms with Crippen molar-refractivity contribution >= 4 is 97.1 Å². The summed E-state index contributed by atoms with van der Waals surface area (Å²) >= 11 is 0. The summed E-state index contributed by atoms with van der Waals surface area (Å²) in [4.78, 5) is 136. The Hall–Kier alpha value is -7.44. The van der Waals surface area contributed by atoms with Crippen LogP contribution in [0.1, 0.15) is 83.9 Å². The number of carbonyl (C=O) groups excluding carboxylic acids is 8. The lowest BCUT2D eigenvalue weighted by atomic mass is 10.3. The summed E-state index contributed by atoms with van der Waals surface area (Å²) < 4.78 is 0. The van der Waals surface area contributed by atoms with Crippen molar-refractivity contribution in [2.24, 2.45) is 0 Å². The molecule has 0 N–H and O–H groups in total. The molecule has 0 atom stereocenters. The first-order valence-electron chi connectivity index (χ1n) is 20.7. The van der Waals surface area contributed by atoms with Crippen LogP contribution in [0.3, 0.4) is 0 Å². The first-order chi connectivity index (χ1) is 33.1. The number of aromatic nitrogens is 4. The van der Waals surface area contributed by atoms with Crippen LogP contribution in [-0.4, -0.2) is 64.1 Å². The third-order valence-electron chi connectivity index (χ3n) is 10.4. The van der Waals surface area contributed by atoms with Gasteiger partial charge in [0.2, 0.25) is 44.2 Å². The largest absolute Gasteiger partial charge is 0.286 e. The third-order valence-corrected chi connectivity index (χ3v) is 18.8. The number of pyridine rings is 4. The molecule has 16 heteroatoms. The minimum absolute atomic E-state index is 0.228. The average molecular weight is 965 g/mol. The highest BCUT2D eigenvalue weighted by molar-refractivity contribution is 7.97. The van der Waals surface area contributed by atoms with E-state index in [0.29, 0.717) is 21.2 Å². The predicted octanol–water partition coefficient (Wildman–Crippen LogP) is 8.73. The second kappa shape index (κ2) is 20.2. The maximum Gasteiger partial charge on any atom is 0.214 e. The molecule has 12 nitrogen and oxygen atoms in total. The van der Waals surface area contributed by atoms with Gasteiger partial charge >= 0.3 is 0 Å². The summed E-state index contributed by atoms with van der Waals surface area (Å²) in [5.41, 5.74) is -7.61. The molecular weight excluding hydrogens is 932 g/mol. The molecule has 1 aliphatic rings. The molecule has 5 heterocycles. The van der Waals surface area contributed by atoms with Crippen molar-refractivity contribution in [1.29, 1.82) is 0 Å². The zero-order chi connectivity index (χ0) is 47.3. The molecule has 1 aliphatic heterocycles. The number of hydrogen-bond donors (Lipinski definition) is 0. The van der Waals surface area contributed by atoms with Crippen LogP contribution in [0.2, 0.25) is 0 Å². The van der Waals surface area contributed by atoms with Crippen molar-refractivity contribution in [3.63, 3.8) is 0 Å². The van der Waals surface area contributed by atoms with E-state index < -0.39 is 75.9 Å². The predicted molar refractivity (Wildman–Crippen MR) is 264 cm³/mol. The molecule has 0 fully saturated rings. The van der Waals surface area contributed by atoms with Crippen LogP contribution in [0, 0.1) is 0 Å². The molecule has 328 valence electrons. The summed E-state index contributed by atoms with van der Waals surface area (Å²) in [6.45, 7) is 0.